The molecule has 104 valence electrons. The van der Waals surface area contributed by atoms with Gasteiger partial charge in [-0.2, -0.15) is 0 Å². The molecule has 1 aromatic rings. The molecule has 0 amide bonds. The Bertz CT molecular complexity index is 452. The Morgan fingerprint density at radius 1 is 1.37 bits per heavy atom. The van der Waals surface area contributed by atoms with E-state index in [-0.39, 0.29) is 0 Å². The average molecular weight is 264 g/mol. The molecule has 19 heavy (non-hydrogen) atoms. The topological polar surface area (TPSA) is 73.5 Å². The molecule has 2 atom stereocenters. The van der Waals surface area contributed by atoms with Crippen LogP contribution < -0.4 is 15.4 Å². The molecule has 0 radical (unpaired) electrons. The third-order valence-electron chi connectivity index (χ3n) is 4.02. The van der Waals surface area contributed by atoms with Crippen molar-refractivity contribution in [2.75, 3.05) is 30.9 Å². The Morgan fingerprint density at radius 2 is 2.21 bits per heavy atom. The highest BCUT2D eigenvalue weighted by atomic mass is 16.5. The van der Waals surface area contributed by atoms with Crippen molar-refractivity contribution in [1.82, 2.24) is 9.97 Å². The van der Waals surface area contributed by atoms with Gasteiger partial charge < -0.3 is 20.1 Å². The minimum absolute atomic E-state index is 0.309. The minimum atomic E-state index is 0.309. The van der Waals surface area contributed by atoms with Crippen molar-refractivity contribution in [3.63, 3.8) is 0 Å². The molecule has 2 fully saturated rings. The fourth-order valence-electron chi connectivity index (χ4n) is 3.14. The summed E-state index contributed by atoms with van der Waals surface area (Å²) in [5, 5.41) is 0. The number of fused-ring (bicyclic) bond motifs is 1. The molecular formula is C13H20N4O2. The molecule has 1 saturated carbocycles. The van der Waals surface area contributed by atoms with Crippen LogP contribution in [0.15, 0.2) is 6.33 Å². The molecule has 0 aromatic carbocycles. The van der Waals surface area contributed by atoms with Gasteiger partial charge in [-0.3, -0.25) is 0 Å². The van der Waals surface area contributed by atoms with E-state index in [1.54, 1.807) is 7.11 Å². The number of anilines is 2. The highest BCUT2D eigenvalue weighted by Crippen LogP contribution is 2.36. The molecule has 2 heterocycles. The maximum absolute atomic E-state index is 5.88. The van der Waals surface area contributed by atoms with Crippen molar-refractivity contribution in [2.45, 2.75) is 37.8 Å². The SMILES string of the molecule is COc1c(N)ncnc1N1CCOC2CCCCC21. The van der Waals surface area contributed by atoms with E-state index < -0.39 is 0 Å². The summed E-state index contributed by atoms with van der Waals surface area (Å²) in [5.41, 5.74) is 5.87. The lowest BCUT2D eigenvalue weighted by Crippen LogP contribution is -2.53. The Hall–Kier alpha value is -1.56. The van der Waals surface area contributed by atoms with Gasteiger partial charge in [0.2, 0.25) is 5.75 Å². The van der Waals surface area contributed by atoms with Gasteiger partial charge in [0, 0.05) is 6.54 Å². The second-order valence-corrected chi connectivity index (χ2v) is 5.07. The quantitative estimate of drug-likeness (QED) is 0.865. The molecule has 6 nitrogen and oxygen atoms in total. The molecule has 2 N–H and O–H groups in total. The van der Waals surface area contributed by atoms with Crippen LogP contribution in [0.25, 0.3) is 0 Å². The summed E-state index contributed by atoms with van der Waals surface area (Å²) >= 11 is 0. The molecule has 3 rings (SSSR count). The first-order valence-corrected chi connectivity index (χ1v) is 6.84. The third-order valence-corrected chi connectivity index (χ3v) is 4.02. The Kier molecular flexibility index (Phi) is 3.42. The predicted molar refractivity (Wildman–Crippen MR) is 72.3 cm³/mol. The van der Waals surface area contributed by atoms with Crippen molar-refractivity contribution in [3.8, 4) is 5.75 Å². The Labute approximate surface area is 112 Å². The average Bonchev–Trinajstić information content (AvgIpc) is 2.46. The number of morpholine rings is 1. The molecule has 1 aliphatic carbocycles. The van der Waals surface area contributed by atoms with Crippen molar-refractivity contribution >= 4 is 11.6 Å². The van der Waals surface area contributed by atoms with Crippen LogP contribution in [0.5, 0.6) is 5.75 Å². The molecule has 6 heteroatoms. The summed E-state index contributed by atoms with van der Waals surface area (Å²) in [6.07, 6.45) is 6.56. The summed E-state index contributed by atoms with van der Waals surface area (Å²) in [6, 6.07) is 0.380. The first-order chi connectivity index (χ1) is 9.31. The molecule has 2 unspecified atom stereocenters. The van der Waals surface area contributed by atoms with Gasteiger partial charge >= 0.3 is 0 Å². The highest BCUT2D eigenvalue weighted by molar-refractivity contribution is 5.63. The maximum atomic E-state index is 5.88. The summed E-state index contributed by atoms with van der Waals surface area (Å²) in [7, 11) is 1.61. The lowest BCUT2D eigenvalue weighted by molar-refractivity contribution is -0.00914. The van der Waals surface area contributed by atoms with E-state index in [4.69, 9.17) is 15.2 Å². The van der Waals surface area contributed by atoms with E-state index in [1.165, 1.54) is 19.2 Å². The van der Waals surface area contributed by atoms with Crippen molar-refractivity contribution < 1.29 is 9.47 Å². The van der Waals surface area contributed by atoms with E-state index in [0.29, 0.717) is 23.7 Å². The van der Waals surface area contributed by atoms with E-state index in [2.05, 4.69) is 14.9 Å². The van der Waals surface area contributed by atoms with Gasteiger partial charge in [-0.05, 0) is 12.8 Å². The van der Waals surface area contributed by atoms with Gasteiger partial charge in [-0.15, -0.1) is 0 Å². The lowest BCUT2D eigenvalue weighted by Gasteiger charge is -2.44. The van der Waals surface area contributed by atoms with Gasteiger partial charge in [0.05, 0.1) is 25.9 Å². The third kappa shape index (κ3) is 2.20. The van der Waals surface area contributed by atoms with Crippen molar-refractivity contribution in [3.05, 3.63) is 6.33 Å². The lowest BCUT2D eigenvalue weighted by atomic mass is 9.90. The normalized spacial score (nSPS) is 26.9. The van der Waals surface area contributed by atoms with Crippen LogP contribution in [0.4, 0.5) is 11.6 Å². The molecule has 0 bridgehead atoms. The van der Waals surface area contributed by atoms with Crippen LogP contribution in [0.2, 0.25) is 0 Å². The Morgan fingerprint density at radius 3 is 3.05 bits per heavy atom. The van der Waals surface area contributed by atoms with E-state index in [9.17, 15) is 0 Å². The van der Waals surface area contributed by atoms with Crippen LogP contribution in [0.3, 0.4) is 0 Å². The second-order valence-electron chi connectivity index (χ2n) is 5.07. The number of hydrogen-bond acceptors (Lipinski definition) is 6. The van der Waals surface area contributed by atoms with Crippen LogP contribution >= 0.6 is 0 Å². The molecule has 1 aliphatic heterocycles. The number of aromatic nitrogens is 2. The number of hydrogen-bond donors (Lipinski definition) is 1. The zero-order chi connectivity index (χ0) is 13.2. The largest absolute Gasteiger partial charge is 0.490 e. The van der Waals surface area contributed by atoms with Crippen LogP contribution in [-0.2, 0) is 4.74 Å². The van der Waals surface area contributed by atoms with Gasteiger partial charge in [-0.25, -0.2) is 9.97 Å². The fraction of sp³-hybridized carbons (Fsp3) is 0.692. The van der Waals surface area contributed by atoms with E-state index in [0.717, 1.165) is 31.8 Å². The summed E-state index contributed by atoms with van der Waals surface area (Å²) in [5.74, 6) is 1.77. The summed E-state index contributed by atoms with van der Waals surface area (Å²) < 4.78 is 11.3. The van der Waals surface area contributed by atoms with Gasteiger partial charge in [-0.1, -0.05) is 12.8 Å². The molecule has 1 saturated heterocycles. The number of nitrogens with two attached hydrogens (primary N) is 1. The first kappa shape index (κ1) is 12.5. The fourth-order valence-corrected chi connectivity index (χ4v) is 3.14. The molecule has 2 aliphatic rings. The number of ether oxygens (including phenoxy) is 2. The van der Waals surface area contributed by atoms with Gasteiger partial charge in [0.15, 0.2) is 11.6 Å². The maximum Gasteiger partial charge on any atom is 0.204 e. The van der Waals surface area contributed by atoms with Crippen molar-refractivity contribution in [2.24, 2.45) is 0 Å². The number of methoxy groups -OCH3 is 1. The Balaban J connectivity index is 1.94. The monoisotopic (exact) mass is 264 g/mol. The summed E-state index contributed by atoms with van der Waals surface area (Å²) in [6.45, 7) is 1.56. The van der Waals surface area contributed by atoms with Crippen LogP contribution in [-0.4, -0.2) is 42.4 Å². The highest BCUT2D eigenvalue weighted by Gasteiger charge is 2.36. The standard InChI is InChI=1S/C13H20N4O2/c1-18-11-12(14)15-8-16-13(11)17-6-7-19-10-5-3-2-4-9(10)17/h8-10H,2-7H2,1H3,(H2,14,15,16). The zero-order valence-corrected chi connectivity index (χ0v) is 11.2. The minimum Gasteiger partial charge on any atom is -0.490 e. The van der Waals surface area contributed by atoms with E-state index in [1.807, 2.05) is 0 Å². The molecule has 1 aromatic heterocycles. The van der Waals surface area contributed by atoms with Gasteiger partial charge in [0.1, 0.15) is 6.33 Å². The van der Waals surface area contributed by atoms with E-state index >= 15 is 0 Å². The van der Waals surface area contributed by atoms with Gasteiger partial charge in [0.25, 0.3) is 0 Å². The van der Waals surface area contributed by atoms with Crippen LogP contribution in [0.1, 0.15) is 25.7 Å². The molecular weight excluding hydrogens is 244 g/mol. The molecule has 0 spiro atoms. The summed E-state index contributed by atoms with van der Waals surface area (Å²) in [4.78, 5) is 10.7. The smallest absolute Gasteiger partial charge is 0.204 e. The number of rotatable bonds is 2. The predicted octanol–water partition coefficient (Wildman–Crippen LogP) is 1.22. The zero-order valence-electron chi connectivity index (χ0n) is 11.2. The number of nitrogen functional groups attached to an aromatic ring is 1. The number of nitrogens with zero attached hydrogens (tertiary/aromatic N) is 3. The second kappa shape index (κ2) is 5.21. The van der Waals surface area contributed by atoms with Crippen molar-refractivity contribution in [1.29, 1.82) is 0 Å². The van der Waals surface area contributed by atoms with Crippen LogP contribution in [0, 0.1) is 0 Å². The first-order valence-electron chi connectivity index (χ1n) is 6.84.